The van der Waals surface area contributed by atoms with E-state index in [1.165, 1.54) is 11.8 Å². The van der Waals surface area contributed by atoms with Crippen LogP contribution in [0.25, 0.3) is 0 Å². The molecule has 0 aliphatic carbocycles. The van der Waals surface area contributed by atoms with E-state index in [1.54, 1.807) is 31.4 Å². The first kappa shape index (κ1) is 21.0. The molecule has 0 aliphatic heterocycles. The first-order valence-electron chi connectivity index (χ1n) is 8.88. The number of methoxy groups -OCH3 is 1. The van der Waals surface area contributed by atoms with E-state index in [2.05, 4.69) is 15.5 Å². The van der Waals surface area contributed by atoms with Crippen LogP contribution >= 0.6 is 23.4 Å². The first-order valence-corrected chi connectivity index (χ1v) is 10.2. The summed E-state index contributed by atoms with van der Waals surface area (Å²) in [7, 11) is 3.50. The molecular weight excluding hydrogens is 412 g/mol. The number of nitrogens with zero attached hydrogens (tertiary/aromatic N) is 3. The van der Waals surface area contributed by atoms with Crippen molar-refractivity contribution in [2.75, 3.05) is 19.5 Å². The topological polar surface area (TPSA) is 78.3 Å². The smallest absolute Gasteiger partial charge is 0.251 e. The van der Waals surface area contributed by atoms with E-state index in [1.807, 2.05) is 35.9 Å². The average Bonchev–Trinajstić information content (AvgIpc) is 3.10. The maximum atomic E-state index is 12.2. The van der Waals surface area contributed by atoms with E-state index in [-0.39, 0.29) is 12.5 Å². The summed E-state index contributed by atoms with van der Waals surface area (Å²) >= 11 is 7.38. The third kappa shape index (κ3) is 5.88. The molecule has 1 N–H and O–H groups in total. The van der Waals surface area contributed by atoms with E-state index in [0.717, 1.165) is 22.4 Å². The molecule has 3 aromatic rings. The molecule has 1 amide bonds. The summed E-state index contributed by atoms with van der Waals surface area (Å²) in [5.41, 5.74) is 0.543. The van der Waals surface area contributed by atoms with Gasteiger partial charge in [0.05, 0.1) is 20.3 Å². The fraction of sp³-hybridized carbons (Fsp3) is 0.250. The number of ether oxygens (including phenoxy) is 2. The van der Waals surface area contributed by atoms with Crippen LogP contribution in [0.15, 0.2) is 53.7 Å². The first-order chi connectivity index (χ1) is 14.1. The summed E-state index contributed by atoms with van der Waals surface area (Å²) in [6, 6.07) is 14.2. The number of carbonyl (C=O) groups is 1. The highest BCUT2D eigenvalue weighted by molar-refractivity contribution is 7.99. The van der Waals surface area contributed by atoms with Gasteiger partial charge >= 0.3 is 0 Å². The largest absolute Gasteiger partial charge is 0.497 e. The van der Waals surface area contributed by atoms with Gasteiger partial charge in [-0.25, -0.2) is 0 Å². The second-order valence-corrected chi connectivity index (χ2v) is 7.52. The van der Waals surface area contributed by atoms with Gasteiger partial charge in [0.2, 0.25) is 0 Å². The van der Waals surface area contributed by atoms with Crippen molar-refractivity contribution in [1.29, 1.82) is 0 Å². The molecule has 0 spiro atoms. The monoisotopic (exact) mass is 432 g/mol. The molecule has 152 valence electrons. The van der Waals surface area contributed by atoms with Gasteiger partial charge in [-0.1, -0.05) is 23.4 Å². The Kier molecular flexibility index (Phi) is 7.37. The minimum absolute atomic E-state index is 0.188. The Hall–Kier alpha value is -2.71. The summed E-state index contributed by atoms with van der Waals surface area (Å²) in [4.78, 5) is 12.2. The van der Waals surface area contributed by atoms with E-state index < -0.39 is 0 Å². The van der Waals surface area contributed by atoms with Crippen molar-refractivity contribution in [2.24, 2.45) is 7.05 Å². The molecule has 0 bridgehead atoms. The van der Waals surface area contributed by atoms with Crippen molar-refractivity contribution in [2.45, 2.75) is 11.7 Å². The van der Waals surface area contributed by atoms with Crippen LogP contribution in [-0.4, -0.2) is 40.1 Å². The zero-order chi connectivity index (χ0) is 20.6. The van der Waals surface area contributed by atoms with E-state index in [4.69, 9.17) is 21.1 Å². The molecule has 7 nitrogen and oxygen atoms in total. The fourth-order valence-electron chi connectivity index (χ4n) is 2.45. The highest BCUT2D eigenvalue weighted by Crippen LogP contribution is 2.19. The van der Waals surface area contributed by atoms with Crippen molar-refractivity contribution in [3.05, 3.63) is 64.9 Å². The predicted molar refractivity (Wildman–Crippen MR) is 113 cm³/mol. The number of rotatable bonds is 9. The van der Waals surface area contributed by atoms with E-state index in [0.29, 0.717) is 23.0 Å². The predicted octanol–water partition coefficient (Wildman–Crippen LogP) is 3.58. The number of carbonyl (C=O) groups excluding carboxylic acids is 1. The lowest BCUT2D eigenvalue weighted by atomic mass is 10.2. The lowest BCUT2D eigenvalue weighted by Gasteiger charge is -2.08. The number of amides is 1. The molecule has 0 unspecified atom stereocenters. The van der Waals surface area contributed by atoms with Gasteiger partial charge in [0.15, 0.2) is 11.0 Å². The number of thioether (sulfide) groups is 1. The number of aromatic nitrogens is 3. The fourth-order valence-corrected chi connectivity index (χ4v) is 3.32. The summed E-state index contributed by atoms with van der Waals surface area (Å²) < 4.78 is 12.7. The maximum Gasteiger partial charge on any atom is 0.251 e. The maximum absolute atomic E-state index is 12.2. The normalized spacial score (nSPS) is 10.6. The third-order valence-corrected chi connectivity index (χ3v) is 5.32. The van der Waals surface area contributed by atoms with Gasteiger partial charge in [0, 0.05) is 23.4 Å². The van der Waals surface area contributed by atoms with Crippen LogP contribution in [0.2, 0.25) is 5.02 Å². The van der Waals surface area contributed by atoms with Crippen LogP contribution in [0.1, 0.15) is 16.2 Å². The molecule has 29 heavy (non-hydrogen) atoms. The van der Waals surface area contributed by atoms with Crippen LogP contribution in [-0.2, 0) is 13.6 Å². The van der Waals surface area contributed by atoms with Crippen molar-refractivity contribution in [3.63, 3.8) is 0 Å². The van der Waals surface area contributed by atoms with Gasteiger partial charge in [0.25, 0.3) is 5.91 Å². The molecule has 0 aliphatic rings. The minimum atomic E-state index is -0.188. The molecule has 0 radical (unpaired) electrons. The van der Waals surface area contributed by atoms with Crippen LogP contribution in [0.3, 0.4) is 0 Å². The summed E-state index contributed by atoms with van der Waals surface area (Å²) in [5, 5.41) is 12.5. The van der Waals surface area contributed by atoms with Crippen molar-refractivity contribution < 1.29 is 14.3 Å². The van der Waals surface area contributed by atoms with Crippen molar-refractivity contribution in [1.82, 2.24) is 20.1 Å². The van der Waals surface area contributed by atoms with Gasteiger partial charge in [-0.05, 0) is 48.5 Å². The minimum Gasteiger partial charge on any atom is -0.497 e. The number of hydrogen-bond donors (Lipinski definition) is 1. The molecule has 9 heteroatoms. The number of hydrogen-bond acceptors (Lipinski definition) is 6. The standard InChI is InChI=1S/C20H21ClN4O3S/c1-25-18(13-22-19(26)14-3-5-15(21)6-4-14)23-24-20(25)29-12-11-28-17-9-7-16(27-2)8-10-17/h3-10H,11-13H2,1-2H3,(H,22,26). The Labute approximate surface area is 178 Å². The van der Waals surface area contributed by atoms with Crippen molar-refractivity contribution >= 4 is 29.3 Å². The Morgan fingerprint density at radius 1 is 1.10 bits per heavy atom. The lowest BCUT2D eigenvalue weighted by Crippen LogP contribution is -2.24. The second-order valence-electron chi connectivity index (χ2n) is 6.02. The molecule has 0 atom stereocenters. The molecule has 2 aromatic carbocycles. The zero-order valence-corrected chi connectivity index (χ0v) is 17.7. The van der Waals surface area contributed by atoms with E-state index >= 15 is 0 Å². The molecule has 0 saturated carbocycles. The molecule has 1 heterocycles. The Morgan fingerprint density at radius 2 is 1.79 bits per heavy atom. The highest BCUT2D eigenvalue weighted by atomic mass is 35.5. The number of nitrogens with one attached hydrogen (secondary N) is 1. The van der Waals surface area contributed by atoms with Crippen LogP contribution in [0.5, 0.6) is 11.5 Å². The molecule has 0 saturated heterocycles. The zero-order valence-electron chi connectivity index (χ0n) is 16.1. The van der Waals surface area contributed by atoms with E-state index in [9.17, 15) is 4.79 Å². The van der Waals surface area contributed by atoms with Crippen molar-refractivity contribution in [3.8, 4) is 11.5 Å². The van der Waals surface area contributed by atoms with Crippen LogP contribution < -0.4 is 14.8 Å². The Balaban J connectivity index is 1.44. The van der Waals surface area contributed by atoms with Gasteiger partial charge in [0.1, 0.15) is 11.5 Å². The number of benzene rings is 2. The second kappa shape index (κ2) is 10.2. The Bertz CT molecular complexity index is 945. The van der Waals surface area contributed by atoms with Gasteiger partial charge < -0.3 is 19.4 Å². The summed E-state index contributed by atoms with van der Waals surface area (Å²) in [6.07, 6.45) is 0. The molecule has 1 aromatic heterocycles. The molecule has 3 rings (SSSR count). The third-order valence-electron chi connectivity index (χ3n) is 4.08. The van der Waals surface area contributed by atoms with Gasteiger partial charge in [-0.3, -0.25) is 4.79 Å². The van der Waals surface area contributed by atoms with Gasteiger partial charge in [-0.15, -0.1) is 10.2 Å². The van der Waals surface area contributed by atoms with Crippen LogP contribution in [0, 0.1) is 0 Å². The number of halogens is 1. The van der Waals surface area contributed by atoms with Crippen LogP contribution in [0.4, 0.5) is 0 Å². The van der Waals surface area contributed by atoms with Gasteiger partial charge in [-0.2, -0.15) is 0 Å². The average molecular weight is 433 g/mol. The highest BCUT2D eigenvalue weighted by Gasteiger charge is 2.11. The quantitative estimate of drug-likeness (QED) is 0.411. The summed E-state index contributed by atoms with van der Waals surface area (Å²) in [5.74, 6) is 2.78. The SMILES string of the molecule is COc1ccc(OCCSc2nnc(CNC(=O)c3ccc(Cl)cc3)n2C)cc1. The Morgan fingerprint density at radius 3 is 2.48 bits per heavy atom. The summed E-state index contributed by atoms with van der Waals surface area (Å²) in [6.45, 7) is 0.820. The lowest BCUT2D eigenvalue weighted by molar-refractivity contribution is 0.0949. The molecule has 0 fully saturated rings. The molecular formula is C20H21ClN4O3S.